The quantitative estimate of drug-likeness (QED) is 0.873. The summed E-state index contributed by atoms with van der Waals surface area (Å²) in [5.74, 6) is 0.139. The summed E-state index contributed by atoms with van der Waals surface area (Å²) in [5.41, 5.74) is 2.57. The summed E-state index contributed by atoms with van der Waals surface area (Å²) in [6.45, 7) is 8.78. The minimum Gasteiger partial charge on any atom is -0.337 e. The number of hydrogen-bond donors (Lipinski definition) is 1. The average Bonchev–Trinajstić information content (AvgIpc) is 3.03. The number of carbonyl (C=O) groups excluding carboxylic acids is 1. The zero-order chi connectivity index (χ0) is 15.4. The van der Waals surface area contributed by atoms with Crippen molar-refractivity contribution in [3.05, 3.63) is 17.0 Å². The van der Waals surface area contributed by atoms with Crippen LogP contribution in [0.2, 0.25) is 0 Å². The van der Waals surface area contributed by atoms with Crippen LogP contribution in [-0.2, 0) is 7.05 Å². The van der Waals surface area contributed by atoms with Gasteiger partial charge in [-0.1, -0.05) is 13.3 Å². The second kappa shape index (κ2) is 7.07. The Labute approximate surface area is 127 Å². The van der Waals surface area contributed by atoms with Crippen molar-refractivity contribution in [3.63, 3.8) is 0 Å². The van der Waals surface area contributed by atoms with Gasteiger partial charge in [-0.05, 0) is 39.7 Å². The summed E-state index contributed by atoms with van der Waals surface area (Å²) in [6, 6.07) is 0.447. The summed E-state index contributed by atoms with van der Waals surface area (Å²) >= 11 is 0. The van der Waals surface area contributed by atoms with Crippen LogP contribution < -0.4 is 5.32 Å². The Hall–Kier alpha value is -1.36. The lowest BCUT2D eigenvalue weighted by molar-refractivity contribution is 0.0738. The minimum absolute atomic E-state index is 0.139. The average molecular weight is 292 g/mol. The van der Waals surface area contributed by atoms with Gasteiger partial charge in [-0.15, -0.1) is 0 Å². The topological polar surface area (TPSA) is 50.2 Å². The highest BCUT2D eigenvalue weighted by Gasteiger charge is 2.26. The van der Waals surface area contributed by atoms with E-state index in [2.05, 4.69) is 17.3 Å². The fourth-order valence-electron chi connectivity index (χ4n) is 3.04. The largest absolute Gasteiger partial charge is 0.337 e. The van der Waals surface area contributed by atoms with Gasteiger partial charge in [-0.25, -0.2) is 0 Å². The third kappa shape index (κ3) is 3.64. The third-order valence-electron chi connectivity index (χ3n) is 4.39. The number of amides is 1. The van der Waals surface area contributed by atoms with Crippen LogP contribution >= 0.6 is 0 Å². The Bertz CT molecular complexity index is 489. The number of aryl methyl sites for hydroxylation is 2. The maximum atomic E-state index is 12.9. The van der Waals surface area contributed by atoms with Crippen LogP contribution in [0.1, 0.15) is 54.4 Å². The number of unbranched alkanes of at least 4 members (excludes halogenated alkanes) is 1. The second-order valence-corrected chi connectivity index (χ2v) is 6.07. The van der Waals surface area contributed by atoms with Crippen LogP contribution in [0.3, 0.4) is 0 Å². The Morgan fingerprint density at radius 2 is 2.24 bits per heavy atom. The van der Waals surface area contributed by atoms with Crippen molar-refractivity contribution in [3.8, 4) is 0 Å². The maximum Gasteiger partial charge on any atom is 0.257 e. The predicted octanol–water partition coefficient (Wildman–Crippen LogP) is 2.03. The summed E-state index contributed by atoms with van der Waals surface area (Å²) in [7, 11) is 1.90. The van der Waals surface area contributed by atoms with Crippen LogP contribution in [0, 0.1) is 13.8 Å². The first-order valence-electron chi connectivity index (χ1n) is 8.07. The highest BCUT2D eigenvalue weighted by atomic mass is 16.2. The highest BCUT2D eigenvalue weighted by Crippen LogP contribution is 2.17. The standard InChI is InChI=1S/C16H28N4O/c1-5-6-10-20(11-14-8-7-9-17-14)16(21)15-12(2)18-19(4)13(15)3/h14,17H,5-11H2,1-4H3. The second-order valence-electron chi connectivity index (χ2n) is 6.07. The first kappa shape index (κ1) is 16.0. The van der Waals surface area contributed by atoms with Gasteiger partial charge in [0.2, 0.25) is 0 Å². The lowest BCUT2D eigenvalue weighted by atomic mass is 10.1. The molecule has 1 fully saturated rings. The van der Waals surface area contributed by atoms with Crippen molar-refractivity contribution in [1.29, 1.82) is 0 Å². The van der Waals surface area contributed by atoms with Crippen molar-refractivity contribution < 1.29 is 4.79 Å². The molecule has 0 bridgehead atoms. The van der Waals surface area contributed by atoms with Gasteiger partial charge in [0, 0.05) is 31.9 Å². The summed E-state index contributed by atoms with van der Waals surface area (Å²) in [5, 5.41) is 7.87. The van der Waals surface area contributed by atoms with Crippen LogP contribution in [0.4, 0.5) is 0 Å². The Morgan fingerprint density at radius 3 is 2.76 bits per heavy atom. The Morgan fingerprint density at radius 1 is 1.48 bits per heavy atom. The summed E-state index contributed by atoms with van der Waals surface area (Å²) in [6.07, 6.45) is 4.54. The molecule has 5 nitrogen and oxygen atoms in total. The monoisotopic (exact) mass is 292 g/mol. The van der Waals surface area contributed by atoms with Gasteiger partial charge in [0.15, 0.2) is 0 Å². The molecule has 2 rings (SSSR count). The molecule has 5 heteroatoms. The summed E-state index contributed by atoms with van der Waals surface area (Å²) in [4.78, 5) is 15.0. The van der Waals surface area contributed by atoms with Gasteiger partial charge in [0.25, 0.3) is 5.91 Å². The summed E-state index contributed by atoms with van der Waals surface area (Å²) < 4.78 is 1.80. The first-order valence-corrected chi connectivity index (χ1v) is 8.07. The molecule has 0 spiro atoms. The fourth-order valence-corrected chi connectivity index (χ4v) is 3.04. The normalized spacial score (nSPS) is 18.2. The van der Waals surface area contributed by atoms with Gasteiger partial charge in [0.05, 0.1) is 11.3 Å². The van der Waals surface area contributed by atoms with E-state index >= 15 is 0 Å². The number of nitrogens with zero attached hydrogens (tertiary/aromatic N) is 3. The van der Waals surface area contributed by atoms with Crippen LogP contribution in [0.5, 0.6) is 0 Å². The minimum atomic E-state index is 0.139. The van der Waals surface area contributed by atoms with Crippen molar-refractivity contribution >= 4 is 5.91 Å². The molecule has 1 unspecified atom stereocenters. The molecule has 2 heterocycles. The molecule has 1 aliphatic rings. The molecule has 1 saturated heterocycles. The zero-order valence-electron chi connectivity index (χ0n) is 13.8. The molecule has 1 aliphatic heterocycles. The van der Waals surface area contributed by atoms with Crippen molar-refractivity contribution in [2.45, 2.75) is 52.5 Å². The molecular formula is C16H28N4O. The Balaban J connectivity index is 2.15. The molecule has 1 aromatic rings. The molecule has 1 N–H and O–H groups in total. The number of nitrogens with one attached hydrogen (secondary N) is 1. The van der Waals surface area contributed by atoms with Crippen LogP contribution in [-0.4, -0.2) is 46.3 Å². The SMILES string of the molecule is CCCCN(CC1CCCN1)C(=O)c1c(C)nn(C)c1C. The van der Waals surface area contributed by atoms with E-state index in [0.29, 0.717) is 6.04 Å². The molecule has 0 aromatic carbocycles. The van der Waals surface area contributed by atoms with E-state index in [1.54, 1.807) is 4.68 Å². The molecule has 0 aliphatic carbocycles. The van der Waals surface area contributed by atoms with E-state index in [4.69, 9.17) is 0 Å². The highest BCUT2D eigenvalue weighted by molar-refractivity contribution is 5.96. The van der Waals surface area contributed by atoms with Gasteiger partial charge < -0.3 is 10.2 Å². The number of rotatable bonds is 6. The lowest BCUT2D eigenvalue weighted by Crippen LogP contribution is -2.42. The molecule has 1 amide bonds. The number of carbonyl (C=O) groups is 1. The number of hydrogen-bond acceptors (Lipinski definition) is 3. The molecule has 0 saturated carbocycles. The fraction of sp³-hybridized carbons (Fsp3) is 0.750. The molecule has 118 valence electrons. The smallest absolute Gasteiger partial charge is 0.257 e. The van der Waals surface area contributed by atoms with Crippen molar-refractivity contribution in [1.82, 2.24) is 20.0 Å². The van der Waals surface area contributed by atoms with E-state index in [-0.39, 0.29) is 5.91 Å². The van der Waals surface area contributed by atoms with Gasteiger partial charge in [0.1, 0.15) is 0 Å². The van der Waals surface area contributed by atoms with E-state index in [1.165, 1.54) is 12.8 Å². The van der Waals surface area contributed by atoms with Crippen molar-refractivity contribution in [2.24, 2.45) is 7.05 Å². The van der Waals surface area contributed by atoms with E-state index < -0.39 is 0 Å². The van der Waals surface area contributed by atoms with E-state index in [9.17, 15) is 4.79 Å². The molecular weight excluding hydrogens is 264 g/mol. The first-order chi connectivity index (χ1) is 10.0. The van der Waals surface area contributed by atoms with Crippen molar-refractivity contribution in [2.75, 3.05) is 19.6 Å². The number of aromatic nitrogens is 2. The predicted molar refractivity (Wildman–Crippen MR) is 84.5 cm³/mol. The molecule has 21 heavy (non-hydrogen) atoms. The lowest BCUT2D eigenvalue weighted by Gasteiger charge is -2.26. The van der Waals surface area contributed by atoms with Crippen LogP contribution in [0.25, 0.3) is 0 Å². The molecule has 0 radical (unpaired) electrons. The van der Waals surface area contributed by atoms with Crippen LogP contribution in [0.15, 0.2) is 0 Å². The maximum absolute atomic E-state index is 12.9. The third-order valence-corrected chi connectivity index (χ3v) is 4.39. The van der Waals surface area contributed by atoms with Gasteiger partial charge >= 0.3 is 0 Å². The van der Waals surface area contributed by atoms with E-state index in [1.807, 2.05) is 25.8 Å². The molecule has 1 atom stereocenters. The Kier molecular flexibility index (Phi) is 5.39. The van der Waals surface area contributed by atoms with E-state index in [0.717, 1.165) is 49.4 Å². The molecule has 1 aromatic heterocycles. The zero-order valence-corrected chi connectivity index (χ0v) is 13.8. The van der Waals surface area contributed by atoms with Gasteiger partial charge in [-0.3, -0.25) is 9.48 Å². The van der Waals surface area contributed by atoms with Gasteiger partial charge in [-0.2, -0.15) is 5.10 Å².